The maximum Gasteiger partial charge on any atom is 0.127 e. The van der Waals surface area contributed by atoms with Gasteiger partial charge in [-0.05, 0) is 53.0 Å². The van der Waals surface area contributed by atoms with Gasteiger partial charge in [-0.2, -0.15) is 0 Å². The van der Waals surface area contributed by atoms with Crippen LogP contribution in [0.5, 0.6) is 5.75 Å². The quantitative estimate of drug-likeness (QED) is 0.759. The topological polar surface area (TPSA) is 30.3 Å². The van der Waals surface area contributed by atoms with Gasteiger partial charge in [-0.1, -0.05) is 0 Å². The molecule has 0 spiro atoms. The maximum absolute atomic E-state index is 6.34. The van der Waals surface area contributed by atoms with Crippen LogP contribution in [0.1, 0.15) is 37.5 Å². The van der Waals surface area contributed by atoms with E-state index in [-0.39, 0.29) is 5.38 Å². The molecule has 5 heteroatoms. The number of rotatable bonds is 6. The average Bonchev–Trinajstić information content (AvgIpc) is 2.83. The first-order valence-electron chi connectivity index (χ1n) is 7.28. The molecule has 1 aromatic heterocycles. The molecule has 2 atom stereocenters. The summed E-state index contributed by atoms with van der Waals surface area (Å²) in [4.78, 5) is 6.89. The average molecular weight is 310 g/mol. The zero-order valence-electron chi connectivity index (χ0n) is 13.4. The largest absolute Gasteiger partial charge is 0.497 e. The van der Waals surface area contributed by atoms with Crippen molar-refractivity contribution in [3.05, 3.63) is 24.0 Å². The van der Waals surface area contributed by atoms with Crippen molar-refractivity contribution in [1.82, 2.24) is 14.5 Å². The third-order valence-corrected chi connectivity index (χ3v) is 3.91. The molecule has 0 aliphatic rings. The van der Waals surface area contributed by atoms with Gasteiger partial charge < -0.3 is 14.2 Å². The van der Waals surface area contributed by atoms with Gasteiger partial charge in [-0.3, -0.25) is 0 Å². The fraction of sp³-hybridized carbons (Fsp3) is 0.562. The molecule has 2 unspecified atom stereocenters. The van der Waals surface area contributed by atoms with Gasteiger partial charge in [0.1, 0.15) is 11.6 Å². The predicted molar refractivity (Wildman–Crippen MR) is 88.4 cm³/mol. The lowest BCUT2D eigenvalue weighted by atomic mass is 10.2. The predicted octanol–water partition coefficient (Wildman–Crippen LogP) is 3.86. The first-order valence-corrected chi connectivity index (χ1v) is 7.72. The summed E-state index contributed by atoms with van der Waals surface area (Å²) in [6, 6.07) is 6.30. The zero-order valence-corrected chi connectivity index (χ0v) is 14.2. The number of nitrogens with zero attached hydrogens (tertiary/aromatic N) is 3. The van der Waals surface area contributed by atoms with Crippen LogP contribution < -0.4 is 4.74 Å². The summed E-state index contributed by atoms with van der Waals surface area (Å²) < 4.78 is 7.59. The second-order valence-corrected chi connectivity index (χ2v) is 6.41. The molecule has 1 aromatic carbocycles. The molecule has 1 heterocycles. The third-order valence-electron chi connectivity index (χ3n) is 3.71. The number of aromatic nitrogens is 2. The van der Waals surface area contributed by atoms with Gasteiger partial charge in [-0.25, -0.2) is 4.98 Å². The van der Waals surface area contributed by atoms with Gasteiger partial charge in [0.25, 0.3) is 0 Å². The van der Waals surface area contributed by atoms with E-state index in [2.05, 4.69) is 30.5 Å². The van der Waals surface area contributed by atoms with Crippen molar-refractivity contribution in [3.8, 4) is 5.75 Å². The van der Waals surface area contributed by atoms with Crippen LogP contribution in [0.25, 0.3) is 11.0 Å². The Morgan fingerprint density at radius 2 is 2.05 bits per heavy atom. The number of halogens is 1. The molecule has 0 amide bonds. The van der Waals surface area contributed by atoms with Crippen LogP contribution in [0.2, 0.25) is 0 Å². The molecule has 0 bridgehead atoms. The minimum Gasteiger partial charge on any atom is -0.497 e. The zero-order chi connectivity index (χ0) is 15.6. The lowest BCUT2D eigenvalue weighted by Crippen LogP contribution is -2.18. The molecule has 0 saturated carbocycles. The molecule has 0 fully saturated rings. The van der Waals surface area contributed by atoms with Crippen molar-refractivity contribution in [3.63, 3.8) is 0 Å². The summed E-state index contributed by atoms with van der Waals surface area (Å²) >= 11 is 6.34. The maximum atomic E-state index is 6.34. The van der Waals surface area contributed by atoms with Crippen molar-refractivity contribution in [2.24, 2.45) is 0 Å². The Morgan fingerprint density at radius 3 is 2.62 bits per heavy atom. The minimum absolute atomic E-state index is 0.120. The number of ether oxygens (including phenoxy) is 1. The Hall–Kier alpha value is -1.26. The van der Waals surface area contributed by atoms with Gasteiger partial charge in [0.05, 0.1) is 23.5 Å². The molecule has 0 N–H and O–H groups in total. The van der Waals surface area contributed by atoms with Crippen LogP contribution in [0, 0.1) is 0 Å². The summed E-state index contributed by atoms with van der Waals surface area (Å²) in [5.74, 6) is 1.77. The standard InChI is InChI=1S/C16H24ClN3O/c1-11(8-9-19(3)4)20-15-10-13(21-5)6-7-14(15)18-16(20)12(2)17/h6-7,10-12H,8-9H2,1-5H3. The fourth-order valence-electron chi connectivity index (χ4n) is 2.54. The number of imidazole rings is 1. The number of fused-ring (bicyclic) bond motifs is 1. The van der Waals surface area contributed by atoms with E-state index >= 15 is 0 Å². The second-order valence-electron chi connectivity index (χ2n) is 5.75. The number of benzene rings is 1. The normalized spacial score (nSPS) is 14.6. The molecule has 0 saturated heterocycles. The monoisotopic (exact) mass is 309 g/mol. The molecule has 2 aromatic rings. The Balaban J connectivity index is 2.48. The van der Waals surface area contributed by atoms with Crippen LogP contribution in [-0.2, 0) is 0 Å². The highest BCUT2D eigenvalue weighted by molar-refractivity contribution is 6.20. The van der Waals surface area contributed by atoms with E-state index in [4.69, 9.17) is 21.3 Å². The van der Waals surface area contributed by atoms with E-state index in [1.165, 1.54) is 0 Å². The lowest BCUT2D eigenvalue weighted by Gasteiger charge is -2.20. The van der Waals surface area contributed by atoms with E-state index in [0.29, 0.717) is 6.04 Å². The van der Waals surface area contributed by atoms with Crippen LogP contribution >= 0.6 is 11.6 Å². The van der Waals surface area contributed by atoms with E-state index in [1.54, 1.807) is 7.11 Å². The fourth-order valence-corrected chi connectivity index (χ4v) is 2.69. The van der Waals surface area contributed by atoms with E-state index in [0.717, 1.165) is 35.6 Å². The Kier molecular flexibility index (Phi) is 5.12. The number of hydrogen-bond acceptors (Lipinski definition) is 3. The van der Waals surface area contributed by atoms with E-state index < -0.39 is 0 Å². The summed E-state index contributed by atoms with van der Waals surface area (Å²) in [5.41, 5.74) is 2.05. The molecule has 0 aliphatic carbocycles. The van der Waals surface area contributed by atoms with Crippen molar-refractivity contribution in [1.29, 1.82) is 0 Å². The number of hydrogen-bond donors (Lipinski definition) is 0. The van der Waals surface area contributed by atoms with Gasteiger partial charge in [-0.15, -0.1) is 11.6 Å². The van der Waals surface area contributed by atoms with Crippen molar-refractivity contribution >= 4 is 22.6 Å². The minimum atomic E-state index is -0.120. The van der Waals surface area contributed by atoms with Crippen molar-refractivity contribution in [2.45, 2.75) is 31.7 Å². The van der Waals surface area contributed by atoms with E-state index in [1.807, 2.05) is 25.1 Å². The first-order chi connectivity index (χ1) is 9.93. The SMILES string of the molecule is COc1ccc2nc(C(C)Cl)n(C(C)CCN(C)C)c2c1. The molecule has 21 heavy (non-hydrogen) atoms. The Morgan fingerprint density at radius 1 is 1.33 bits per heavy atom. The van der Waals surface area contributed by atoms with Gasteiger partial charge >= 0.3 is 0 Å². The van der Waals surface area contributed by atoms with Crippen molar-refractivity contribution in [2.75, 3.05) is 27.7 Å². The second kappa shape index (κ2) is 6.67. The van der Waals surface area contributed by atoms with Crippen LogP contribution in [-0.4, -0.2) is 42.2 Å². The highest BCUT2D eigenvalue weighted by Crippen LogP contribution is 2.31. The molecule has 2 rings (SSSR count). The molecular formula is C16H24ClN3O. The van der Waals surface area contributed by atoms with Gasteiger partial charge in [0, 0.05) is 12.1 Å². The Labute approximate surface area is 131 Å². The highest BCUT2D eigenvalue weighted by Gasteiger charge is 2.19. The molecule has 0 aliphatic heterocycles. The van der Waals surface area contributed by atoms with E-state index in [9.17, 15) is 0 Å². The molecule has 116 valence electrons. The first kappa shape index (κ1) is 16.1. The number of alkyl halides is 1. The van der Waals surface area contributed by atoms with Crippen LogP contribution in [0.4, 0.5) is 0 Å². The summed E-state index contributed by atoms with van der Waals surface area (Å²) in [7, 11) is 5.86. The highest BCUT2D eigenvalue weighted by atomic mass is 35.5. The van der Waals surface area contributed by atoms with Crippen LogP contribution in [0.3, 0.4) is 0 Å². The summed E-state index contributed by atoms with van der Waals surface area (Å²) in [5, 5.41) is -0.120. The third kappa shape index (κ3) is 3.50. The molecular weight excluding hydrogens is 286 g/mol. The summed E-state index contributed by atoms with van der Waals surface area (Å²) in [6.45, 7) is 5.21. The number of methoxy groups -OCH3 is 1. The van der Waals surface area contributed by atoms with Gasteiger partial charge in [0.15, 0.2) is 0 Å². The Bertz CT molecular complexity index is 607. The smallest absolute Gasteiger partial charge is 0.127 e. The van der Waals surface area contributed by atoms with Gasteiger partial charge in [0.2, 0.25) is 0 Å². The molecule has 4 nitrogen and oxygen atoms in total. The summed E-state index contributed by atoms with van der Waals surface area (Å²) in [6.07, 6.45) is 1.05. The molecule has 0 radical (unpaired) electrons. The van der Waals surface area contributed by atoms with Crippen molar-refractivity contribution < 1.29 is 4.74 Å². The van der Waals surface area contributed by atoms with Crippen LogP contribution in [0.15, 0.2) is 18.2 Å². The lowest BCUT2D eigenvalue weighted by molar-refractivity contribution is 0.357.